The summed E-state index contributed by atoms with van der Waals surface area (Å²) in [6.45, 7) is 4.69. The highest BCUT2D eigenvalue weighted by molar-refractivity contribution is 6.25. The molecule has 0 aliphatic carbocycles. The Hall–Kier alpha value is -7.37. The number of rotatable bonds is 5. The van der Waals surface area contributed by atoms with E-state index in [9.17, 15) is 0 Å². The third-order valence-corrected chi connectivity index (χ3v) is 11.6. The molecule has 0 saturated heterocycles. The van der Waals surface area contributed by atoms with Crippen LogP contribution in [0.3, 0.4) is 0 Å². The van der Waals surface area contributed by atoms with Crippen molar-refractivity contribution in [1.82, 2.24) is 19.5 Å². The van der Waals surface area contributed by atoms with Crippen LogP contribution in [0.15, 0.2) is 188 Å². The maximum absolute atomic E-state index is 5.23. The van der Waals surface area contributed by atoms with Gasteiger partial charge in [-0.25, -0.2) is 4.98 Å². The first-order valence-corrected chi connectivity index (χ1v) is 19.5. The van der Waals surface area contributed by atoms with Crippen LogP contribution in [0.25, 0.3) is 72.4 Å². The second-order valence-electron chi connectivity index (χ2n) is 15.3. The number of nitrogens with zero attached hydrogens (tertiary/aromatic N) is 5. The molecule has 0 atom stereocenters. The molecule has 5 nitrogen and oxygen atoms in total. The van der Waals surface area contributed by atoms with E-state index in [1.165, 1.54) is 38.7 Å². The van der Waals surface area contributed by atoms with Crippen LogP contribution in [0.1, 0.15) is 25.0 Å². The minimum absolute atomic E-state index is 0.195. The zero-order chi connectivity index (χ0) is 38.1. The van der Waals surface area contributed by atoms with E-state index in [4.69, 9.17) is 15.0 Å². The van der Waals surface area contributed by atoms with Gasteiger partial charge in [0.2, 0.25) is 5.95 Å². The number of anilines is 3. The molecule has 0 bridgehead atoms. The van der Waals surface area contributed by atoms with E-state index in [0.29, 0.717) is 17.6 Å². The Kier molecular flexibility index (Phi) is 7.45. The molecule has 0 unspecified atom stereocenters. The van der Waals surface area contributed by atoms with Gasteiger partial charge < -0.3 is 4.90 Å². The molecule has 1 aliphatic heterocycles. The van der Waals surface area contributed by atoms with Crippen LogP contribution >= 0.6 is 0 Å². The fourth-order valence-electron chi connectivity index (χ4n) is 8.92. The number of benzene rings is 8. The lowest BCUT2D eigenvalue weighted by atomic mass is 9.73. The van der Waals surface area contributed by atoms with Gasteiger partial charge in [0.15, 0.2) is 11.6 Å². The van der Waals surface area contributed by atoms with Crippen molar-refractivity contribution in [1.29, 1.82) is 0 Å². The van der Waals surface area contributed by atoms with Crippen molar-refractivity contribution in [3.05, 3.63) is 199 Å². The first-order valence-electron chi connectivity index (χ1n) is 19.5. The molecule has 2 aromatic heterocycles. The van der Waals surface area contributed by atoms with Gasteiger partial charge in [-0.2, -0.15) is 9.97 Å². The topological polar surface area (TPSA) is 46.8 Å². The van der Waals surface area contributed by atoms with E-state index in [2.05, 4.69) is 175 Å². The van der Waals surface area contributed by atoms with Crippen LogP contribution in [0, 0.1) is 0 Å². The summed E-state index contributed by atoms with van der Waals surface area (Å²) in [5.74, 6) is 1.84. The molecule has 11 rings (SSSR count). The van der Waals surface area contributed by atoms with Crippen LogP contribution in [-0.4, -0.2) is 19.5 Å². The Labute approximate surface area is 331 Å². The highest BCUT2D eigenvalue weighted by Gasteiger charge is 2.37. The van der Waals surface area contributed by atoms with Crippen molar-refractivity contribution < 1.29 is 0 Å². The molecule has 270 valence electrons. The molecule has 0 fully saturated rings. The van der Waals surface area contributed by atoms with E-state index < -0.39 is 0 Å². The third-order valence-electron chi connectivity index (χ3n) is 11.6. The Morgan fingerprint density at radius 3 is 1.79 bits per heavy atom. The lowest BCUT2D eigenvalue weighted by Crippen LogP contribution is -2.30. The fraction of sp³-hybridized carbons (Fsp3) is 0.0577. The Balaban J connectivity index is 1.21. The number of aromatic nitrogens is 4. The van der Waals surface area contributed by atoms with Crippen molar-refractivity contribution >= 4 is 49.6 Å². The normalized spacial score (nSPS) is 13.2. The van der Waals surface area contributed by atoms with Gasteiger partial charge in [-0.05, 0) is 69.4 Å². The van der Waals surface area contributed by atoms with Crippen molar-refractivity contribution in [2.45, 2.75) is 19.3 Å². The summed E-state index contributed by atoms with van der Waals surface area (Å²) >= 11 is 0. The summed E-state index contributed by atoms with van der Waals surface area (Å²) in [7, 11) is 0. The monoisotopic (exact) mass is 731 g/mol. The summed E-state index contributed by atoms with van der Waals surface area (Å²) in [4.78, 5) is 17.9. The molecule has 0 saturated carbocycles. The fourth-order valence-corrected chi connectivity index (χ4v) is 8.92. The average Bonchev–Trinajstić information content (AvgIpc) is 3.62. The zero-order valence-corrected chi connectivity index (χ0v) is 31.6. The lowest BCUT2D eigenvalue weighted by molar-refractivity contribution is 0.632. The van der Waals surface area contributed by atoms with Crippen molar-refractivity contribution in [2.24, 2.45) is 0 Å². The predicted octanol–water partition coefficient (Wildman–Crippen LogP) is 13.2. The molecule has 5 heteroatoms. The van der Waals surface area contributed by atoms with Crippen LogP contribution in [0.5, 0.6) is 0 Å². The van der Waals surface area contributed by atoms with Gasteiger partial charge >= 0.3 is 0 Å². The minimum atomic E-state index is -0.195. The number of para-hydroxylation sites is 2. The molecule has 10 aromatic rings. The lowest BCUT2D eigenvalue weighted by Gasteiger charge is -2.42. The molecular weight excluding hydrogens is 695 g/mol. The Morgan fingerprint density at radius 1 is 0.439 bits per heavy atom. The van der Waals surface area contributed by atoms with Crippen molar-refractivity contribution in [2.75, 3.05) is 4.90 Å². The highest BCUT2D eigenvalue weighted by atomic mass is 15.2. The van der Waals surface area contributed by atoms with Gasteiger partial charge in [-0.3, -0.25) is 4.57 Å². The van der Waals surface area contributed by atoms with Crippen LogP contribution in [-0.2, 0) is 5.41 Å². The van der Waals surface area contributed by atoms with E-state index in [0.717, 1.165) is 44.4 Å². The molecular formula is C52H37N5. The molecule has 0 radical (unpaired) electrons. The van der Waals surface area contributed by atoms with Gasteiger partial charge in [-0.15, -0.1) is 0 Å². The van der Waals surface area contributed by atoms with Gasteiger partial charge in [-0.1, -0.05) is 166 Å². The summed E-state index contributed by atoms with van der Waals surface area (Å²) in [6, 6.07) is 66.7. The molecule has 0 N–H and O–H groups in total. The van der Waals surface area contributed by atoms with Crippen molar-refractivity contribution in [3.63, 3.8) is 0 Å². The second kappa shape index (κ2) is 12.9. The van der Waals surface area contributed by atoms with E-state index in [1.807, 2.05) is 36.4 Å². The first-order chi connectivity index (χ1) is 28.0. The molecule has 57 heavy (non-hydrogen) atoms. The highest BCUT2D eigenvalue weighted by Crippen LogP contribution is 2.53. The smallest absolute Gasteiger partial charge is 0.238 e. The maximum atomic E-state index is 5.23. The van der Waals surface area contributed by atoms with E-state index in [1.54, 1.807) is 0 Å². The number of fused-ring (bicyclic) bond motifs is 7. The summed E-state index contributed by atoms with van der Waals surface area (Å²) < 4.78 is 2.23. The molecule has 8 aromatic carbocycles. The van der Waals surface area contributed by atoms with Gasteiger partial charge in [0.1, 0.15) is 0 Å². The van der Waals surface area contributed by atoms with Gasteiger partial charge in [0.25, 0.3) is 0 Å². The Bertz CT molecular complexity index is 3090. The standard InChI is InChI=1S/C52H37N5/c1-52(2)41-26-14-15-27-43(41)56(38-22-10-5-11-23-38)46-33-37(29-31-42(46)52)40-25-16-28-44-48(40)47-39-24-13-12-17-34(39)30-32-45(47)57(44)51-54-49(35-18-6-3-7-19-35)53-50(55-51)36-20-8-4-9-21-36/h3-33H,1-2H3. The van der Waals surface area contributed by atoms with Crippen LogP contribution < -0.4 is 4.90 Å². The maximum Gasteiger partial charge on any atom is 0.238 e. The summed E-state index contributed by atoms with van der Waals surface area (Å²) in [5, 5.41) is 4.70. The number of hydrogen-bond acceptors (Lipinski definition) is 4. The predicted molar refractivity (Wildman–Crippen MR) is 235 cm³/mol. The van der Waals surface area contributed by atoms with Crippen molar-refractivity contribution in [3.8, 4) is 39.9 Å². The van der Waals surface area contributed by atoms with Gasteiger partial charge in [0.05, 0.1) is 22.4 Å². The minimum Gasteiger partial charge on any atom is -0.310 e. The summed E-state index contributed by atoms with van der Waals surface area (Å²) in [6.07, 6.45) is 0. The molecule has 0 amide bonds. The van der Waals surface area contributed by atoms with Crippen LogP contribution in [0.2, 0.25) is 0 Å². The molecule has 0 spiro atoms. The zero-order valence-electron chi connectivity index (χ0n) is 31.6. The largest absolute Gasteiger partial charge is 0.310 e. The van der Waals surface area contributed by atoms with Gasteiger partial charge in [0, 0.05) is 33.0 Å². The quantitative estimate of drug-likeness (QED) is 0.177. The molecule has 3 heterocycles. The molecule has 1 aliphatic rings. The first kappa shape index (κ1) is 33.0. The SMILES string of the molecule is CC1(C)c2ccccc2N(c2ccccc2)c2cc(-c3cccc4c3c3c5ccccc5ccc3n4-c3nc(-c4ccccc4)nc(-c4ccccc4)n3)ccc21. The van der Waals surface area contributed by atoms with E-state index >= 15 is 0 Å². The third kappa shape index (κ3) is 5.20. The Morgan fingerprint density at radius 2 is 1.05 bits per heavy atom. The average molecular weight is 732 g/mol. The van der Waals surface area contributed by atoms with Crippen LogP contribution in [0.4, 0.5) is 17.1 Å². The number of hydrogen-bond donors (Lipinski definition) is 0. The summed E-state index contributed by atoms with van der Waals surface area (Å²) in [5.41, 5.74) is 12.2. The van der Waals surface area contributed by atoms with E-state index in [-0.39, 0.29) is 5.41 Å². The second-order valence-corrected chi connectivity index (χ2v) is 15.3.